The van der Waals surface area contributed by atoms with Gasteiger partial charge in [0.2, 0.25) is 0 Å². The molecule has 2 N–H and O–H groups in total. The SMILES string of the molecule is CCNc1ccc(Cl)c(C(=O)N2CCC(C(C)O)C2)n1. The number of carbonyl (C=O) groups excluding carboxylic acids is 1. The number of aliphatic hydroxyl groups is 1. The van der Waals surface area contributed by atoms with Crippen LogP contribution in [0.1, 0.15) is 30.8 Å². The average molecular weight is 298 g/mol. The van der Waals surface area contributed by atoms with Gasteiger partial charge in [-0.3, -0.25) is 4.79 Å². The van der Waals surface area contributed by atoms with Crippen LogP contribution in [-0.4, -0.2) is 46.6 Å². The third-order valence-electron chi connectivity index (χ3n) is 3.60. The van der Waals surface area contributed by atoms with Crippen LogP contribution in [-0.2, 0) is 0 Å². The zero-order valence-corrected chi connectivity index (χ0v) is 12.5. The number of likely N-dealkylation sites (tertiary alicyclic amines) is 1. The Balaban J connectivity index is 2.15. The molecule has 2 atom stereocenters. The summed E-state index contributed by atoms with van der Waals surface area (Å²) in [7, 11) is 0. The molecule has 1 amide bonds. The summed E-state index contributed by atoms with van der Waals surface area (Å²) in [5.74, 6) is 0.610. The molecule has 110 valence electrons. The second kappa shape index (κ2) is 6.41. The van der Waals surface area contributed by atoms with Gasteiger partial charge < -0.3 is 15.3 Å². The number of anilines is 1. The molecule has 2 heterocycles. The van der Waals surface area contributed by atoms with Crippen molar-refractivity contribution < 1.29 is 9.90 Å². The smallest absolute Gasteiger partial charge is 0.274 e. The third kappa shape index (κ3) is 3.22. The normalized spacial score (nSPS) is 20.0. The first kappa shape index (κ1) is 15.1. The molecule has 6 heteroatoms. The molecule has 1 aromatic rings. The van der Waals surface area contributed by atoms with Crippen LogP contribution in [0.5, 0.6) is 0 Å². The highest BCUT2D eigenvalue weighted by atomic mass is 35.5. The lowest BCUT2D eigenvalue weighted by Gasteiger charge is -2.18. The second-order valence-electron chi connectivity index (χ2n) is 5.10. The Labute approximate surface area is 123 Å². The summed E-state index contributed by atoms with van der Waals surface area (Å²) in [6, 6.07) is 3.44. The van der Waals surface area contributed by atoms with Crippen molar-refractivity contribution in [2.75, 3.05) is 25.0 Å². The lowest BCUT2D eigenvalue weighted by molar-refractivity contribution is 0.0757. The van der Waals surface area contributed by atoms with E-state index in [1.807, 2.05) is 6.92 Å². The lowest BCUT2D eigenvalue weighted by atomic mass is 10.0. The molecule has 2 unspecified atom stereocenters. The molecule has 0 spiro atoms. The van der Waals surface area contributed by atoms with E-state index in [1.54, 1.807) is 24.0 Å². The minimum Gasteiger partial charge on any atom is -0.393 e. The Morgan fingerprint density at radius 1 is 1.65 bits per heavy atom. The maximum atomic E-state index is 12.5. The van der Waals surface area contributed by atoms with E-state index in [1.165, 1.54) is 0 Å². The van der Waals surface area contributed by atoms with Crippen molar-refractivity contribution in [3.8, 4) is 0 Å². The van der Waals surface area contributed by atoms with Crippen LogP contribution in [0.25, 0.3) is 0 Å². The van der Waals surface area contributed by atoms with Gasteiger partial charge in [-0.1, -0.05) is 11.6 Å². The van der Waals surface area contributed by atoms with E-state index in [-0.39, 0.29) is 17.5 Å². The lowest BCUT2D eigenvalue weighted by Crippen LogP contribution is -2.31. The third-order valence-corrected chi connectivity index (χ3v) is 3.91. The van der Waals surface area contributed by atoms with E-state index in [4.69, 9.17) is 11.6 Å². The fourth-order valence-electron chi connectivity index (χ4n) is 2.39. The zero-order chi connectivity index (χ0) is 14.7. The van der Waals surface area contributed by atoms with Crippen molar-refractivity contribution in [2.45, 2.75) is 26.4 Å². The van der Waals surface area contributed by atoms with Gasteiger partial charge in [-0.15, -0.1) is 0 Å². The molecule has 1 aromatic heterocycles. The molecule has 1 saturated heterocycles. The van der Waals surface area contributed by atoms with E-state index < -0.39 is 6.10 Å². The van der Waals surface area contributed by atoms with Crippen LogP contribution in [0.4, 0.5) is 5.82 Å². The fourth-order valence-corrected chi connectivity index (χ4v) is 2.57. The summed E-state index contributed by atoms with van der Waals surface area (Å²) in [6.07, 6.45) is 0.415. The number of nitrogens with zero attached hydrogens (tertiary/aromatic N) is 2. The monoisotopic (exact) mass is 297 g/mol. The number of aromatic nitrogens is 1. The Hall–Kier alpha value is -1.33. The Morgan fingerprint density at radius 2 is 2.40 bits per heavy atom. The number of hydrogen-bond acceptors (Lipinski definition) is 4. The largest absolute Gasteiger partial charge is 0.393 e. The van der Waals surface area contributed by atoms with Crippen molar-refractivity contribution in [3.05, 3.63) is 22.8 Å². The average Bonchev–Trinajstić information content (AvgIpc) is 2.90. The van der Waals surface area contributed by atoms with Crippen LogP contribution in [0.2, 0.25) is 5.02 Å². The Morgan fingerprint density at radius 3 is 3.00 bits per heavy atom. The highest BCUT2D eigenvalue weighted by Gasteiger charge is 2.31. The molecule has 0 aromatic carbocycles. The highest BCUT2D eigenvalue weighted by molar-refractivity contribution is 6.33. The number of pyridine rings is 1. The highest BCUT2D eigenvalue weighted by Crippen LogP contribution is 2.24. The van der Waals surface area contributed by atoms with Gasteiger partial charge in [0.15, 0.2) is 0 Å². The fraction of sp³-hybridized carbons (Fsp3) is 0.571. The molecule has 1 fully saturated rings. The number of carbonyl (C=O) groups is 1. The molecule has 0 bridgehead atoms. The maximum absolute atomic E-state index is 12.5. The molecular formula is C14H20ClN3O2. The van der Waals surface area contributed by atoms with Crippen molar-refractivity contribution in [1.82, 2.24) is 9.88 Å². The van der Waals surface area contributed by atoms with Crippen LogP contribution in [0.3, 0.4) is 0 Å². The number of halogens is 1. The Kier molecular flexibility index (Phi) is 4.83. The summed E-state index contributed by atoms with van der Waals surface area (Å²) in [6.45, 7) is 5.65. The van der Waals surface area contributed by atoms with Gasteiger partial charge in [-0.25, -0.2) is 4.98 Å². The molecular weight excluding hydrogens is 278 g/mol. The van der Waals surface area contributed by atoms with Gasteiger partial charge in [0.1, 0.15) is 11.5 Å². The topological polar surface area (TPSA) is 65.5 Å². The Bertz CT molecular complexity index is 493. The number of amides is 1. The number of rotatable bonds is 4. The first-order chi connectivity index (χ1) is 9.52. The molecule has 0 saturated carbocycles. The van der Waals surface area contributed by atoms with E-state index in [9.17, 15) is 9.90 Å². The van der Waals surface area contributed by atoms with Gasteiger partial charge in [0.05, 0.1) is 11.1 Å². The van der Waals surface area contributed by atoms with Crippen LogP contribution in [0, 0.1) is 5.92 Å². The van der Waals surface area contributed by atoms with Crippen molar-refractivity contribution in [3.63, 3.8) is 0 Å². The summed E-state index contributed by atoms with van der Waals surface area (Å²) in [5.41, 5.74) is 0.274. The first-order valence-corrected chi connectivity index (χ1v) is 7.28. The van der Waals surface area contributed by atoms with Gasteiger partial charge >= 0.3 is 0 Å². The zero-order valence-electron chi connectivity index (χ0n) is 11.8. The summed E-state index contributed by atoms with van der Waals surface area (Å²) >= 11 is 6.08. The standard InChI is InChI=1S/C14H20ClN3O2/c1-3-16-12-5-4-11(15)13(17-12)14(20)18-7-6-10(8-18)9(2)19/h4-5,9-10,19H,3,6-8H2,1-2H3,(H,16,17). The molecule has 1 aliphatic rings. The quantitative estimate of drug-likeness (QED) is 0.892. The van der Waals surface area contributed by atoms with Crippen LogP contribution < -0.4 is 5.32 Å². The molecule has 0 aliphatic carbocycles. The van der Waals surface area contributed by atoms with E-state index in [0.29, 0.717) is 23.9 Å². The second-order valence-corrected chi connectivity index (χ2v) is 5.50. The van der Waals surface area contributed by atoms with E-state index in [2.05, 4.69) is 10.3 Å². The van der Waals surface area contributed by atoms with Crippen molar-refractivity contribution in [2.24, 2.45) is 5.92 Å². The van der Waals surface area contributed by atoms with Crippen molar-refractivity contribution >= 4 is 23.3 Å². The predicted octanol–water partition coefficient (Wildman–Crippen LogP) is 2.01. The molecule has 1 aliphatic heterocycles. The van der Waals surface area contributed by atoms with Gasteiger partial charge in [-0.2, -0.15) is 0 Å². The maximum Gasteiger partial charge on any atom is 0.274 e. The van der Waals surface area contributed by atoms with Gasteiger partial charge in [0, 0.05) is 25.6 Å². The van der Waals surface area contributed by atoms with Crippen molar-refractivity contribution in [1.29, 1.82) is 0 Å². The first-order valence-electron chi connectivity index (χ1n) is 6.90. The molecule has 5 nitrogen and oxygen atoms in total. The predicted molar refractivity (Wildman–Crippen MR) is 79.1 cm³/mol. The van der Waals surface area contributed by atoms with Gasteiger partial charge in [0.25, 0.3) is 5.91 Å². The molecule has 2 rings (SSSR count). The minimum atomic E-state index is -0.399. The van der Waals surface area contributed by atoms with Crippen LogP contribution >= 0.6 is 11.6 Å². The summed E-state index contributed by atoms with van der Waals surface area (Å²) in [4.78, 5) is 18.5. The summed E-state index contributed by atoms with van der Waals surface area (Å²) in [5, 5.41) is 13.0. The van der Waals surface area contributed by atoms with E-state index >= 15 is 0 Å². The van der Waals surface area contributed by atoms with E-state index in [0.717, 1.165) is 13.0 Å². The van der Waals surface area contributed by atoms with Gasteiger partial charge in [-0.05, 0) is 32.4 Å². The minimum absolute atomic E-state index is 0.134. The van der Waals surface area contributed by atoms with Crippen LogP contribution in [0.15, 0.2) is 12.1 Å². The number of nitrogens with one attached hydrogen (secondary N) is 1. The summed E-state index contributed by atoms with van der Waals surface area (Å²) < 4.78 is 0. The number of hydrogen-bond donors (Lipinski definition) is 2. The molecule has 20 heavy (non-hydrogen) atoms. The molecule has 0 radical (unpaired) electrons. The number of aliphatic hydroxyl groups excluding tert-OH is 1.